The van der Waals surface area contributed by atoms with Crippen molar-refractivity contribution in [3.8, 4) is 0 Å². The standard InChI is InChI=1S/C10H16N4O4/c1-4-5(11)2-12-14-9(4)13-10-8(17)7(16)6(3-15)18-10/h2,6-8,10,15-17H,3H2,1H3,(H3,11,13,14)/t6-,7-,8-,10-/m1/s1. The van der Waals surface area contributed by atoms with Crippen LogP contribution in [0.1, 0.15) is 5.56 Å². The van der Waals surface area contributed by atoms with Gasteiger partial charge in [-0.3, -0.25) is 0 Å². The minimum atomic E-state index is -1.16. The van der Waals surface area contributed by atoms with Crippen LogP contribution in [-0.4, -0.2) is 56.7 Å². The summed E-state index contributed by atoms with van der Waals surface area (Å²) in [6, 6.07) is 0. The normalized spacial score (nSPS) is 31.6. The van der Waals surface area contributed by atoms with E-state index in [4.69, 9.17) is 15.6 Å². The SMILES string of the molecule is Cc1c(N)cnnc1N[C@@H]1O[C@H](CO)[C@@H](O)[C@H]1O. The molecule has 0 aromatic carbocycles. The molecule has 8 nitrogen and oxygen atoms in total. The van der Waals surface area contributed by atoms with E-state index in [1.54, 1.807) is 6.92 Å². The van der Waals surface area contributed by atoms with E-state index in [1.807, 2.05) is 0 Å². The zero-order chi connectivity index (χ0) is 13.3. The Morgan fingerprint density at radius 2 is 2.17 bits per heavy atom. The number of nitrogen functional groups attached to an aromatic ring is 1. The number of anilines is 2. The van der Waals surface area contributed by atoms with Crippen molar-refractivity contribution in [1.29, 1.82) is 0 Å². The van der Waals surface area contributed by atoms with Crippen molar-refractivity contribution in [1.82, 2.24) is 10.2 Å². The number of ether oxygens (including phenoxy) is 1. The van der Waals surface area contributed by atoms with Crippen molar-refractivity contribution in [3.63, 3.8) is 0 Å². The maximum Gasteiger partial charge on any atom is 0.158 e. The van der Waals surface area contributed by atoms with Crippen LogP contribution >= 0.6 is 0 Å². The van der Waals surface area contributed by atoms with Crippen molar-refractivity contribution < 1.29 is 20.1 Å². The van der Waals surface area contributed by atoms with Gasteiger partial charge in [0.1, 0.15) is 18.3 Å². The number of hydrogen-bond donors (Lipinski definition) is 5. The van der Waals surface area contributed by atoms with Gasteiger partial charge in [-0.05, 0) is 6.92 Å². The van der Waals surface area contributed by atoms with Gasteiger partial charge >= 0.3 is 0 Å². The first-order valence-corrected chi connectivity index (χ1v) is 5.51. The Kier molecular flexibility index (Phi) is 3.62. The summed E-state index contributed by atoms with van der Waals surface area (Å²) in [7, 11) is 0. The van der Waals surface area contributed by atoms with Crippen LogP contribution < -0.4 is 11.1 Å². The topological polar surface area (TPSA) is 134 Å². The molecule has 1 aromatic heterocycles. The molecule has 18 heavy (non-hydrogen) atoms. The number of nitrogens with two attached hydrogens (primary N) is 1. The van der Waals surface area contributed by atoms with Crippen LogP contribution in [0.25, 0.3) is 0 Å². The highest BCUT2D eigenvalue weighted by Crippen LogP contribution is 2.24. The first kappa shape index (κ1) is 13.0. The van der Waals surface area contributed by atoms with Gasteiger partial charge in [0.05, 0.1) is 18.5 Å². The van der Waals surface area contributed by atoms with E-state index in [9.17, 15) is 10.2 Å². The second kappa shape index (κ2) is 5.02. The summed E-state index contributed by atoms with van der Waals surface area (Å²) >= 11 is 0. The van der Waals surface area contributed by atoms with Crippen LogP contribution in [0, 0.1) is 6.92 Å². The monoisotopic (exact) mass is 256 g/mol. The van der Waals surface area contributed by atoms with E-state index < -0.39 is 24.5 Å². The zero-order valence-electron chi connectivity index (χ0n) is 9.82. The summed E-state index contributed by atoms with van der Waals surface area (Å²) in [6.07, 6.45) is -2.59. The minimum Gasteiger partial charge on any atom is -0.397 e. The Balaban J connectivity index is 2.13. The molecule has 0 radical (unpaired) electrons. The van der Waals surface area contributed by atoms with E-state index in [-0.39, 0.29) is 6.61 Å². The highest BCUT2D eigenvalue weighted by atomic mass is 16.6. The number of hydrogen-bond acceptors (Lipinski definition) is 8. The molecule has 4 atom stereocenters. The Labute approximate surface area is 103 Å². The van der Waals surface area contributed by atoms with Gasteiger partial charge in [-0.2, -0.15) is 5.10 Å². The predicted octanol–water partition coefficient (Wildman–Crippen LogP) is -1.78. The molecule has 1 saturated heterocycles. The molecule has 0 bridgehead atoms. The lowest BCUT2D eigenvalue weighted by Gasteiger charge is -2.18. The van der Waals surface area contributed by atoms with Crippen LogP contribution in [0.4, 0.5) is 11.5 Å². The van der Waals surface area contributed by atoms with Gasteiger partial charge in [-0.15, -0.1) is 5.10 Å². The molecular weight excluding hydrogens is 240 g/mol. The first-order valence-electron chi connectivity index (χ1n) is 5.51. The quantitative estimate of drug-likeness (QED) is 0.428. The molecule has 8 heteroatoms. The number of rotatable bonds is 3. The van der Waals surface area contributed by atoms with Gasteiger partial charge in [-0.1, -0.05) is 0 Å². The molecule has 6 N–H and O–H groups in total. The van der Waals surface area contributed by atoms with Crippen LogP contribution in [0.3, 0.4) is 0 Å². The van der Waals surface area contributed by atoms with Crippen molar-refractivity contribution in [3.05, 3.63) is 11.8 Å². The largest absolute Gasteiger partial charge is 0.397 e. The average Bonchev–Trinajstić information content (AvgIpc) is 2.63. The van der Waals surface area contributed by atoms with Crippen molar-refractivity contribution >= 4 is 11.5 Å². The predicted molar refractivity (Wildman–Crippen MR) is 62.6 cm³/mol. The van der Waals surface area contributed by atoms with Crippen LogP contribution in [0.5, 0.6) is 0 Å². The third kappa shape index (κ3) is 2.23. The second-order valence-electron chi connectivity index (χ2n) is 4.18. The Bertz CT molecular complexity index is 430. The van der Waals surface area contributed by atoms with Crippen molar-refractivity contribution in [2.45, 2.75) is 31.5 Å². The van der Waals surface area contributed by atoms with Gasteiger partial charge < -0.3 is 31.1 Å². The Morgan fingerprint density at radius 1 is 1.44 bits per heavy atom. The van der Waals surface area contributed by atoms with Crippen molar-refractivity contribution in [2.24, 2.45) is 0 Å². The van der Waals surface area contributed by atoms with Crippen LogP contribution in [0.15, 0.2) is 6.20 Å². The maximum absolute atomic E-state index is 9.75. The summed E-state index contributed by atoms with van der Waals surface area (Å²) < 4.78 is 5.26. The molecule has 0 saturated carbocycles. The van der Waals surface area contributed by atoms with Gasteiger partial charge in [0.25, 0.3) is 0 Å². The van der Waals surface area contributed by atoms with Crippen LogP contribution in [0.2, 0.25) is 0 Å². The lowest BCUT2D eigenvalue weighted by atomic mass is 10.1. The molecule has 0 aliphatic carbocycles. The van der Waals surface area contributed by atoms with E-state index in [1.165, 1.54) is 6.20 Å². The first-order chi connectivity index (χ1) is 8.54. The smallest absolute Gasteiger partial charge is 0.158 e. The maximum atomic E-state index is 9.75. The summed E-state index contributed by atoms with van der Waals surface area (Å²) in [4.78, 5) is 0. The Hall–Kier alpha value is -1.48. The summed E-state index contributed by atoms with van der Waals surface area (Å²) in [5, 5.41) is 38.6. The molecule has 1 fully saturated rings. The van der Waals surface area contributed by atoms with E-state index in [2.05, 4.69) is 15.5 Å². The highest BCUT2D eigenvalue weighted by Gasteiger charge is 2.42. The molecule has 2 heterocycles. The Morgan fingerprint density at radius 3 is 2.78 bits per heavy atom. The number of aliphatic hydroxyl groups excluding tert-OH is 3. The van der Waals surface area contributed by atoms with E-state index in [0.29, 0.717) is 17.1 Å². The van der Waals surface area contributed by atoms with Crippen molar-refractivity contribution in [2.75, 3.05) is 17.7 Å². The minimum absolute atomic E-state index is 0.366. The molecule has 0 spiro atoms. The highest BCUT2D eigenvalue weighted by molar-refractivity contribution is 5.56. The van der Waals surface area contributed by atoms with Gasteiger partial charge in [-0.25, -0.2) is 0 Å². The zero-order valence-corrected chi connectivity index (χ0v) is 9.82. The lowest BCUT2D eigenvalue weighted by molar-refractivity contribution is -0.0154. The molecule has 1 aromatic rings. The average molecular weight is 256 g/mol. The number of aliphatic hydroxyl groups is 3. The van der Waals surface area contributed by atoms with Gasteiger partial charge in [0.2, 0.25) is 0 Å². The molecule has 2 rings (SSSR count). The molecular formula is C10H16N4O4. The molecule has 0 unspecified atom stereocenters. The molecule has 1 aliphatic rings. The summed E-state index contributed by atoms with van der Waals surface area (Å²) in [5.41, 5.74) is 6.80. The third-order valence-electron chi connectivity index (χ3n) is 2.96. The number of aromatic nitrogens is 2. The fraction of sp³-hybridized carbons (Fsp3) is 0.600. The number of nitrogens with zero attached hydrogens (tertiary/aromatic N) is 2. The summed E-state index contributed by atoms with van der Waals surface area (Å²) in [6.45, 7) is 1.37. The third-order valence-corrected chi connectivity index (χ3v) is 2.96. The fourth-order valence-electron chi connectivity index (χ4n) is 1.75. The van der Waals surface area contributed by atoms with E-state index >= 15 is 0 Å². The lowest BCUT2D eigenvalue weighted by Crippen LogP contribution is -2.36. The second-order valence-corrected chi connectivity index (χ2v) is 4.18. The van der Waals surface area contributed by atoms with E-state index in [0.717, 1.165) is 0 Å². The van der Waals surface area contributed by atoms with Gasteiger partial charge in [0.15, 0.2) is 12.0 Å². The number of nitrogens with one attached hydrogen (secondary N) is 1. The van der Waals surface area contributed by atoms with Crippen LogP contribution in [-0.2, 0) is 4.74 Å². The fourth-order valence-corrected chi connectivity index (χ4v) is 1.75. The molecule has 0 amide bonds. The molecule has 1 aliphatic heterocycles. The molecule has 100 valence electrons. The summed E-state index contributed by atoms with van der Waals surface area (Å²) in [5.74, 6) is 0.366. The van der Waals surface area contributed by atoms with Gasteiger partial charge in [0, 0.05) is 5.56 Å².